The van der Waals surface area contributed by atoms with Crippen molar-refractivity contribution < 1.29 is 9.18 Å². The molecule has 0 unspecified atom stereocenters. The number of nitrogens with zero attached hydrogens (tertiary/aromatic N) is 4. The summed E-state index contributed by atoms with van der Waals surface area (Å²) in [5.74, 6) is 0.937. The Morgan fingerprint density at radius 1 is 1.03 bits per heavy atom. The largest absolute Gasteiger partial charge is 0.338 e. The van der Waals surface area contributed by atoms with Crippen LogP contribution in [0.4, 0.5) is 4.39 Å². The van der Waals surface area contributed by atoms with Gasteiger partial charge in [0.2, 0.25) is 0 Å². The average molecular weight is 469 g/mol. The van der Waals surface area contributed by atoms with Crippen molar-refractivity contribution >= 4 is 5.91 Å². The van der Waals surface area contributed by atoms with Crippen molar-refractivity contribution in [2.75, 3.05) is 13.1 Å². The molecule has 0 radical (unpaired) electrons. The van der Waals surface area contributed by atoms with Crippen LogP contribution in [0, 0.1) is 12.7 Å². The summed E-state index contributed by atoms with van der Waals surface area (Å²) in [7, 11) is 0. The zero-order chi connectivity index (χ0) is 24.2. The van der Waals surface area contributed by atoms with E-state index in [4.69, 9.17) is 4.98 Å². The van der Waals surface area contributed by atoms with Crippen molar-refractivity contribution in [3.63, 3.8) is 0 Å². The molecule has 0 bridgehead atoms. The summed E-state index contributed by atoms with van der Waals surface area (Å²) < 4.78 is 16.2. The van der Waals surface area contributed by atoms with Gasteiger partial charge in [0.15, 0.2) is 0 Å². The van der Waals surface area contributed by atoms with Gasteiger partial charge in [-0.2, -0.15) is 0 Å². The first kappa shape index (κ1) is 23.0. The van der Waals surface area contributed by atoms with Gasteiger partial charge in [-0.05, 0) is 55.2 Å². The molecule has 1 amide bonds. The topological polar surface area (TPSA) is 51.0 Å². The molecule has 2 aromatic heterocycles. The second kappa shape index (κ2) is 10.2. The van der Waals surface area contributed by atoms with Crippen molar-refractivity contribution in [2.45, 2.75) is 38.6 Å². The first-order chi connectivity index (χ1) is 17.1. The highest BCUT2D eigenvalue weighted by molar-refractivity contribution is 5.95. The van der Waals surface area contributed by atoms with Crippen LogP contribution in [0.1, 0.15) is 57.5 Å². The Morgan fingerprint density at radius 3 is 2.63 bits per heavy atom. The summed E-state index contributed by atoms with van der Waals surface area (Å²) in [5.41, 5.74) is 4.19. The number of aromatic nitrogens is 3. The summed E-state index contributed by atoms with van der Waals surface area (Å²) in [4.78, 5) is 24.7. The smallest absolute Gasteiger partial charge is 0.254 e. The van der Waals surface area contributed by atoms with E-state index >= 15 is 0 Å². The molecule has 2 aromatic carbocycles. The molecule has 1 atom stereocenters. The monoisotopic (exact) mass is 468 g/mol. The molecule has 0 saturated carbocycles. The van der Waals surface area contributed by atoms with Crippen LogP contribution in [-0.2, 0) is 13.0 Å². The molecule has 5 nitrogen and oxygen atoms in total. The zero-order valence-corrected chi connectivity index (χ0v) is 19.9. The number of imidazole rings is 1. The Labute approximate surface area is 205 Å². The number of carbonyl (C=O) groups excluding carboxylic acids is 1. The van der Waals surface area contributed by atoms with Gasteiger partial charge in [-0.25, -0.2) is 9.37 Å². The molecule has 3 heterocycles. The van der Waals surface area contributed by atoms with E-state index in [1.807, 2.05) is 66.6 Å². The summed E-state index contributed by atoms with van der Waals surface area (Å²) in [6, 6.07) is 20.6. The number of aryl methyl sites for hydroxylation is 1. The van der Waals surface area contributed by atoms with Gasteiger partial charge in [0.1, 0.15) is 11.6 Å². The standard InChI is InChI=1S/C29H29FN4O/c1-21-31-15-17-33(21)19-23-9-2-4-12-26(23)29(35)34-16-7-10-24(20-34)28-14-6-11-25(32-28)18-22-8-3-5-13-27(22)30/h2-6,8-9,11-15,17,24H,7,10,16,18-20H2,1H3/t24-/m0/s1. The third kappa shape index (κ3) is 5.16. The Kier molecular flexibility index (Phi) is 6.70. The summed E-state index contributed by atoms with van der Waals surface area (Å²) in [5, 5.41) is 0. The lowest BCUT2D eigenvalue weighted by molar-refractivity contribution is 0.0704. The van der Waals surface area contributed by atoms with Crippen molar-refractivity contribution in [3.05, 3.63) is 119 Å². The van der Waals surface area contributed by atoms with E-state index in [0.29, 0.717) is 25.1 Å². The van der Waals surface area contributed by atoms with Crippen molar-refractivity contribution in [3.8, 4) is 0 Å². The highest BCUT2D eigenvalue weighted by atomic mass is 19.1. The average Bonchev–Trinajstić information content (AvgIpc) is 3.30. The van der Waals surface area contributed by atoms with Crippen LogP contribution in [-0.4, -0.2) is 38.4 Å². The zero-order valence-electron chi connectivity index (χ0n) is 19.9. The van der Waals surface area contributed by atoms with E-state index in [2.05, 4.69) is 9.55 Å². The number of pyridine rings is 1. The molecule has 1 aliphatic rings. The van der Waals surface area contributed by atoms with Crippen LogP contribution in [0.25, 0.3) is 0 Å². The fourth-order valence-corrected chi connectivity index (χ4v) is 4.86. The molecule has 1 aliphatic heterocycles. The van der Waals surface area contributed by atoms with E-state index < -0.39 is 0 Å². The van der Waals surface area contributed by atoms with Gasteiger partial charge in [-0.3, -0.25) is 9.78 Å². The molecule has 1 saturated heterocycles. The van der Waals surface area contributed by atoms with Crippen molar-refractivity contribution in [1.29, 1.82) is 0 Å². The van der Waals surface area contributed by atoms with Gasteiger partial charge in [-0.15, -0.1) is 0 Å². The second-order valence-corrected chi connectivity index (χ2v) is 9.17. The number of piperidine rings is 1. The van der Waals surface area contributed by atoms with Gasteiger partial charge >= 0.3 is 0 Å². The van der Waals surface area contributed by atoms with Crippen LogP contribution >= 0.6 is 0 Å². The molecule has 35 heavy (non-hydrogen) atoms. The van der Waals surface area contributed by atoms with Crippen molar-refractivity contribution in [2.24, 2.45) is 0 Å². The van der Waals surface area contributed by atoms with Gasteiger partial charge in [0.25, 0.3) is 5.91 Å². The first-order valence-electron chi connectivity index (χ1n) is 12.1. The molecular formula is C29H29FN4O. The lowest BCUT2D eigenvalue weighted by atomic mass is 9.93. The number of carbonyl (C=O) groups is 1. The Hall–Kier alpha value is -3.80. The number of hydrogen-bond donors (Lipinski definition) is 0. The Bertz CT molecular complexity index is 1330. The maximum Gasteiger partial charge on any atom is 0.254 e. The minimum absolute atomic E-state index is 0.0607. The Morgan fingerprint density at radius 2 is 1.83 bits per heavy atom. The maximum atomic E-state index is 14.1. The summed E-state index contributed by atoms with van der Waals surface area (Å²) in [6.45, 7) is 3.95. The number of benzene rings is 2. The molecule has 0 N–H and O–H groups in total. The van der Waals surface area contributed by atoms with E-state index in [-0.39, 0.29) is 17.6 Å². The van der Waals surface area contributed by atoms with Gasteiger partial charge in [0, 0.05) is 61.3 Å². The molecule has 0 aliphatic carbocycles. The van der Waals surface area contributed by atoms with Gasteiger partial charge < -0.3 is 9.47 Å². The number of likely N-dealkylation sites (tertiary alicyclic amines) is 1. The molecule has 0 spiro atoms. The maximum absolute atomic E-state index is 14.1. The van der Waals surface area contributed by atoms with Crippen LogP contribution in [0.3, 0.4) is 0 Å². The highest BCUT2D eigenvalue weighted by Crippen LogP contribution is 2.28. The van der Waals surface area contributed by atoms with Crippen LogP contribution in [0.5, 0.6) is 0 Å². The van der Waals surface area contributed by atoms with Crippen LogP contribution in [0.15, 0.2) is 79.1 Å². The molecule has 1 fully saturated rings. The van der Waals surface area contributed by atoms with Crippen LogP contribution < -0.4 is 0 Å². The quantitative estimate of drug-likeness (QED) is 0.382. The second-order valence-electron chi connectivity index (χ2n) is 9.17. The minimum Gasteiger partial charge on any atom is -0.338 e. The lowest BCUT2D eigenvalue weighted by Gasteiger charge is -2.33. The minimum atomic E-state index is -0.210. The molecule has 6 heteroatoms. The first-order valence-corrected chi connectivity index (χ1v) is 12.1. The van der Waals surface area contributed by atoms with E-state index in [1.165, 1.54) is 6.07 Å². The molecule has 5 rings (SSSR count). The number of rotatable bonds is 6. The lowest BCUT2D eigenvalue weighted by Crippen LogP contribution is -2.39. The van der Waals surface area contributed by atoms with E-state index in [9.17, 15) is 9.18 Å². The summed E-state index contributed by atoms with van der Waals surface area (Å²) in [6.07, 6.45) is 6.08. The van der Waals surface area contributed by atoms with Crippen LogP contribution in [0.2, 0.25) is 0 Å². The molecule has 4 aromatic rings. The fraction of sp³-hybridized carbons (Fsp3) is 0.276. The van der Waals surface area contributed by atoms with Crippen molar-refractivity contribution in [1.82, 2.24) is 19.4 Å². The summed E-state index contributed by atoms with van der Waals surface area (Å²) >= 11 is 0. The Balaban J connectivity index is 1.32. The predicted molar refractivity (Wildman–Crippen MR) is 134 cm³/mol. The third-order valence-electron chi connectivity index (χ3n) is 6.80. The third-order valence-corrected chi connectivity index (χ3v) is 6.80. The highest BCUT2D eigenvalue weighted by Gasteiger charge is 2.27. The fourth-order valence-electron chi connectivity index (χ4n) is 4.86. The number of hydrogen-bond acceptors (Lipinski definition) is 3. The van der Waals surface area contributed by atoms with Gasteiger partial charge in [0.05, 0.1) is 0 Å². The normalized spacial score (nSPS) is 15.8. The number of amides is 1. The van der Waals surface area contributed by atoms with E-state index in [0.717, 1.165) is 47.7 Å². The predicted octanol–water partition coefficient (Wildman–Crippen LogP) is 5.38. The van der Waals surface area contributed by atoms with Gasteiger partial charge in [-0.1, -0.05) is 42.5 Å². The molecular weight excluding hydrogens is 439 g/mol. The number of halogens is 1. The van der Waals surface area contributed by atoms with E-state index in [1.54, 1.807) is 18.3 Å². The SMILES string of the molecule is Cc1nccn1Cc1ccccc1C(=O)N1CCC[C@H](c2cccc(Cc3ccccc3F)n2)C1. The molecule has 178 valence electrons.